The number of anilines is 6. The Labute approximate surface area is 555 Å². The summed E-state index contributed by atoms with van der Waals surface area (Å²) in [5, 5.41) is 18.6. The van der Waals surface area contributed by atoms with Crippen LogP contribution in [-0.4, -0.2) is 148 Å². The van der Waals surface area contributed by atoms with E-state index in [9.17, 15) is 27.6 Å². The van der Waals surface area contributed by atoms with E-state index in [1.165, 1.54) is 18.2 Å². The number of thiocarbonyl (C=S) groups is 3. The van der Waals surface area contributed by atoms with Gasteiger partial charge in [-0.15, -0.1) is 0 Å². The number of halogens is 3. The first-order chi connectivity index (χ1) is 44.8. The van der Waals surface area contributed by atoms with Crippen LogP contribution in [0.15, 0.2) is 178 Å². The van der Waals surface area contributed by atoms with Gasteiger partial charge in [0, 0.05) is 106 Å². The van der Waals surface area contributed by atoms with Crippen molar-refractivity contribution in [2.75, 3.05) is 116 Å². The molecule has 0 spiro atoms. The van der Waals surface area contributed by atoms with Crippen LogP contribution < -0.4 is 47.3 Å². The summed E-state index contributed by atoms with van der Waals surface area (Å²) in [6.45, 7) is 15.5. The minimum atomic E-state index is -0.215. The summed E-state index contributed by atoms with van der Waals surface area (Å²) in [5.41, 5.74) is 7.62. The Morgan fingerprint density at radius 3 is 0.796 bits per heavy atom. The molecule has 0 bridgehead atoms. The number of nitrogens with one attached hydrogen (secondary N) is 3. The molecule has 93 heavy (non-hydrogen) atoms. The van der Waals surface area contributed by atoms with E-state index < -0.39 is 0 Å². The van der Waals surface area contributed by atoms with Gasteiger partial charge in [-0.25, -0.2) is 27.2 Å². The normalized spacial score (nSPS) is 13.8. The number of benzene rings is 6. The molecule has 9 aromatic rings. The number of aliphatic hydroxyl groups is 1. The molecular formula is C68H78F3N15O4S3. The second-order valence-electron chi connectivity index (χ2n) is 22.2. The summed E-state index contributed by atoms with van der Waals surface area (Å²) in [6, 6.07) is 48.9. The number of aliphatic hydroxyl groups excluding tert-OH is 1. The van der Waals surface area contributed by atoms with Gasteiger partial charge in [0.2, 0.25) is 0 Å². The number of hydrogen-bond donors (Lipinski definition) is 4. The minimum Gasteiger partial charge on any atom is -0.397 e. The lowest BCUT2D eigenvalue weighted by molar-refractivity contribution is 0.318. The van der Waals surface area contributed by atoms with E-state index in [1.54, 1.807) is 57.4 Å². The molecule has 3 fully saturated rings. The van der Waals surface area contributed by atoms with E-state index in [4.69, 9.17) is 41.8 Å². The third kappa shape index (κ3) is 15.6. The third-order valence-electron chi connectivity index (χ3n) is 16.6. The SMILES string of the molecule is CCO.Cc1c(NC(=S)N2CCN(c3ccccc3F)CC2)c(=O)n(-c2ccccc2)n1C.Cc1c(NC(=S)N2CCN(c3ccccc3F)CC2)c(=O)n(-c2ccccc2)n1C.Cc1c(NC(=S)N2CCN(c3ccccc3F)CC2)c(=O)n(-c2ccccc2)n1C. The molecule has 0 amide bonds. The van der Waals surface area contributed by atoms with Crippen molar-refractivity contribution in [1.82, 2.24) is 42.8 Å². The van der Waals surface area contributed by atoms with Crippen LogP contribution in [0.4, 0.5) is 47.3 Å². The Morgan fingerprint density at radius 1 is 0.376 bits per heavy atom. The summed E-state index contributed by atoms with van der Waals surface area (Å²) in [7, 11) is 5.56. The van der Waals surface area contributed by atoms with Crippen LogP contribution in [-0.2, 0) is 21.1 Å². The molecule has 19 nitrogen and oxygen atoms in total. The van der Waals surface area contributed by atoms with Gasteiger partial charge in [0.25, 0.3) is 16.7 Å². The van der Waals surface area contributed by atoms with Gasteiger partial charge in [0.15, 0.2) is 15.3 Å². The van der Waals surface area contributed by atoms with E-state index in [2.05, 4.69) is 16.0 Å². The van der Waals surface area contributed by atoms with E-state index in [0.29, 0.717) is 128 Å². The van der Waals surface area contributed by atoms with Crippen LogP contribution in [0.3, 0.4) is 0 Å². The Balaban J connectivity index is 0.000000161. The molecule has 488 valence electrons. The predicted octanol–water partition coefficient (Wildman–Crippen LogP) is 9.43. The first-order valence-electron chi connectivity index (χ1n) is 30.6. The van der Waals surface area contributed by atoms with Gasteiger partial charge in [-0.05, 0) is 137 Å². The van der Waals surface area contributed by atoms with Crippen molar-refractivity contribution in [2.24, 2.45) is 21.1 Å². The van der Waals surface area contributed by atoms with E-state index in [0.717, 1.165) is 34.1 Å². The summed E-state index contributed by atoms with van der Waals surface area (Å²) in [6.07, 6.45) is 0. The second-order valence-corrected chi connectivity index (χ2v) is 23.4. The van der Waals surface area contributed by atoms with Crippen molar-refractivity contribution in [3.63, 3.8) is 0 Å². The van der Waals surface area contributed by atoms with Gasteiger partial charge < -0.3 is 50.5 Å². The van der Waals surface area contributed by atoms with Crippen LogP contribution in [0.5, 0.6) is 0 Å². The molecule has 0 unspecified atom stereocenters. The van der Waals surface area contributed by atoms with E-state index in [-0.39, 0.29) is 40.7 Å². The van der Waals surface area contributed by atoms with Crippen molar-refractivity contribution >= 4 is 86.1 Å². The number of piperazine rings is 3. The lowest BCUT2D eigenvalue weighted by Crippen LogP contribution is -2.50. The van der Waals surface area contributed by atoms with Gasteiger partial charge in [0.1, 0.15) is 34.5 Å². The highest BCUT2D eigenvalue weighted by atomic mass is 32.1. The minimum absolute atomic E-state index is 0.145. The molecule has 0 aliphatic carbocycles. The standard InChI is InChI=1S/3C22H24FN5OS.C2H6O/c3*1-16-20(21(29)28(25(16)2)17-8-4-3-5-9-17)24-22(30)27-14-12-26(13-15-27)19-11-7-6-10-18(19)23;1-2-3/h3*3-11H,12-15H2,1-2H3,(H,24,30);3H,2H2,1H3. The van der Waals surface area contributed by atoms with Crippen molar-refractivity contribution in [3.05, 3.63) is 229 Å². The molecule has 0 atom stereocenters. The molecule has 6 aromatic carbocycles. The second kappa shape index (κ2) is 31.3. The van der Waals surface area contributed by atoms with Crippen molar-refractivity contribution in [3.8, 4) is 17.1 Å². The summed E-state index contributed by atoms with van der Waals surface area (Å²) < 4.78 is 52.5. The number of hydrogen-bond acceptors (Lipinski definition) is 10. The lowest BCUT2D eigenvalue weighted by atomic mass is 10.2. The highest BCUT2D eigenvalue weighted by molar-refractivity contribution is 7.80. The topological polar surface area (TPSA) is 157 Å². The summed E-state index contributed by atoms with van der Waals surface area (Å²) in [4.78, 5) is 51.3. The highest BCUT2D eigenvalue weighted by Crippen LogP contribution is 2.25. The van der Waals surface area contributed by atoms with Crippen molar-refractivity contribution in [2.45, 2.75) is 27.7 Å². The summed E-state index contributed by atoms with van der Waals surface area (Å²) >= 11 is 16.8. The Hall–Kier alpha value is -9.43. The van der Waals surface area contributed by atoms with Gasteiger partial charge >= 0.3 is 0 Å². The zero-order chi connectivity index (χ0) is 66.5. The maximum Gasteiger partial charge on any atom is 0.295 e. The zero-order valence-electron chi connectivity index (χ0n) is 53.2. The Kier molecular flexibility index (Phi) is 22.8. The lowest BCUT2D eigenvalue weighted by Gasteiger charge is -2.37. The molecular weight excluding hydrogens is 1240 g/mol. The molecule has 6 heterocycles. The van der Waals surface area contributed by atoms with Gasteiger partial charge in [-0.2, -0.15) is 0 Å². The molecule has 0 saturated carbocycles. The maximum atomic E-state index is 14.1. The van der Waals surface area contributed by atoms with Crippen LogP contribution in [0.2, 0.25) is 0 Å². The monoisotopic (exact) mass is 1320 g/mol. The van der Waals surface area contributed by atoms with Gasteiger partial charge in [0.05, 0.1) is 51.2 Å². The number of aromatic nitrogens is 6. The molecule has 25 heteroatoms. The van der Waals surface area contributed by atoms with E-state index in [1.807, 2.05) is 195 Å². The van der Waals surface area contributed by atoms with Crippen LogP contribution in [0, 0.1) is 38.2 Å². The molecule has 3 aromatic heterocycles. The van der Waals surface area contributed by atoms with Gasteiger partial charge in [-0.3, -0.25) is 28.4 Å². The molecule has 3 aliphatic rings. The third-order valence-corrected chi connectivity index (χ3v) is 17.7. The Morgan fingerprint density at radius 2 is 0.581 bits per heavy atom. The van der Waals surface area contributed by atoms with Crippen LogP contribution in [0.25, 0.3) is 17.1 Å². The Bertz CT molecular complexity index is 3800. The highest BCUT2D eigenvalue weighted by Gasteiger charge is 2.28. The largest absolute Gasteiger partial charge is 0.397 e. The van der Waals surface area contributed by atoms with E-state index >= 15 is 0 Å². The number of para-hydroxylation sites is 6. The summed E-state index contributed by atoms with van der Waals surface area (Å²) in [5.74, 6) is -0.644. The quantitative estimate of drug-likeness (QED) is 0.101. The fraction of sp³-hybridized carbons (Fsp3) is 0.294. The predicted molar refractivity (Wildman–Crippen MR) is 379 cm³/mol. The first kappa shape index (κ1) is 67.9. The fourth-order valence-electron chi connectivity index (χ4n) is 11.3. The molecule has 3 saturated heterocycles. The molecule has 12 rings (SSSR count). The van der Waals surface area contributed by atoms with Crippen LogP contribution in [0.1, 0.15) is 24.0 Å². The zero-order valence-corrected chi connectivity index (χ0v) is 55.6. The van der Waals surface area contributed by atoms with Crippen molar-refractivity contribution < 1.29 is 18.3 Å². The smallest absolute Gasteiger partial charge is 0.295 e. The fourth-order valence-corrected chi connectivity index (χ4v) is 12.1. The van der Waals surface area contributed by atoms with Crippen LogP contribution >= 0.6 is 36.7 Å². The van der Waals surface area contributed by atoms with Gasteiger partial charge in [-0.1, -0.05) is 91.0 Å². The molecule has 4 N–H and O–H groups in total. The average molecular weight is 1320 g/mol. The molecule has 0 radical (unpaired) electrons. The number of nitrogens with zero attached hydrogens (tertiary/aromatic N) is 12. The molecule has 3 aliphatic heterocycles. The van der Waals surface area contributed by atoms with Crippen molar-refractivity contribution in [1.29, 1.82) is 0 Å². The maximum absolute atomic E-state index is 14.1. The average Bonchev–Trinajstić information content (AvgIpc) is 1.66. The first-order valence-corrected chi connectivity index (χ1v) is 31.8. The number of rotatable bonds is 9.